The summed E-state index contributed by atoms with van der Waals surface area (Å²) < 4.78 is 5.66. The molecule has 5 nitrogen and oxygen atoms in total. The Labute approximate surface area is 141 Å². The Kier molecular flexibility index (Phi) is 6.37. The summed E-state index contributed by atoms with van der Waals surface area (Å²) in [5, 5.41) is 11.8. The number of carboxylic acids is 1. The van der Waals surface area contributed by atoms with E-state index in [0.717, 1.165) is 11.3 Å². The van der Waals surface area contributed by atoms with Gasteiger partial charge in [0.1, 0.15) is 5.75 Å². The molecule has 2 aromatic rings. The SMILES string of the molecule is Cc1ccccc1OCCCNC(=O)Cc1cccc(C(=O)O)c1. The Morgan fingerprint density at radius 2 is 1.92 bits per heavy atom. The fraction of sp³-hybridized carbons (Fsp3) is 0.263. The number of hydrogen-bond donors (Lipinski definition) is 2. The van der Waals surface area contributed by atoms with Crippen molar-refractivity contribution in [2.45, 2.75) is 19.8 Å². The first-order valence-corrected chi connectivity index (χ1v) is 7.83. The molecule has 0 spiro atoms. The molecule has 0 unspecified atom stereocenters. The molecule has 2 rings (SSSR count). The van der Waals surface area contributed by atoms with Gasteiger partial charge in [0, 0.05) is 6.54 Å². The second kappa shape index (κ2) is 8.72. The lowest BCUT2D eigenvalue weighted by Gasteiger charge is -2.09. The molecule has 24 heavy (non-hydrogen) atoms. The summed E-state index contributed by atoms with van der Waals surface area (Å²) in [4.78, 5) is 22.8. The van der Waals surface area contributed by atoms with E-state index in [1.807, 2.05) is 31.2 Å². The molecule has 0 heterocycles. The normalized spacial score (nSPS) is 10.2. The monoisotopic (exact) mass is 327 g/mol. The largest absolute Gasteiger partial charge is 0.493 e. The Balaban J connectivity index is 1.69. The number of nitrogens with one attached hydrogen (secondary N) is 1. The highest BCUT2D eigenvalue weighted by molar-refractivity contribution is 5.88. The van der Waals surface area contributed by atoms with Crippen LogP contribution in [0.3, 0.4) is 0 Å². The van der Waals surface area contributed by atoms with Crippen molar-refractivity contribution in [1.82, 2.24) is 5.32 Å². The second-order valence-corrected chi connectivity index (χ2v) is 5.50. The molecule has 2 aromatic carbocycles. The third-order valence-corrected chi connectivity index (χ3v) is 3.53. The summed E-state index contributed by atoms with van der Waals surface area (Å²) in [6.07, 6.45) is 0.870. The molecule has 0 saturated carbocycles. The minimum absolute atomic E-state index is 0.131. The van der Waals surface area contributed by atoms with Crippen LogP contribution >= 0.6 is 0 Å². The Hall–Kier alpha value is -2.82. The molecule has 126 valence electrons. The Morgan fingerprint density at radius 3 is 2.67 bits per heavy atom. The molecule has 5 heteroatoms. The van der Waals surface area contributed by atoms with Gasteiger partial charge in [0.25, 0.3) is 0 Å². The van der Waals surface area contributed by atoms with Gasteiger partial charge in [0.2, 0.25) is 5.91 Å². The number of ether oxygens (including phenoxy) is 1. The van der Waals surface area contributed by atoms with Gasteiger partial charge in [-0.25, -0.2) is 4.79 Å². The molecular weight excluding hydrogens is 306 g/mol. The van der Waals surface area contributed by atoms with Gasteiger partial charge in [-0.2, -0.15) is 0 Å². The fourth-order valence-electron chi connectivity index (χ4n) is 2.26. The highest BCUT2D eigenvalue weighted by Crippen LogP contribution is 2.16. The van der Waals surface area contributed by atoms with Crippen LogP contribution in [0, 0.1) is 6.92 Å². The van der Waals surface area contributed by atoms with E-state index in [-0.39, 0.29) is 17.9 Å². The maximum Gasteiger partial charge on any atom is 0.335 e. The number of hydrogen-bond acceptors (Lipinski definition) is 3. The van der Waals surface area contributed by atoms with Crippen LogP contribution in [0.5, 0.6) is 5.75 Å². The lowest BCUT2D eigenvalue weighted by molar-refractivity contribution is -0.120. The molecule has 0 radical (unpaired) electrons. The van der Waals surface area contributed by atoms with Gasteiger partial charge < -0.3 is 15.2 Å². The molecule has 1 amide bonds. The van der Waals surface area contributed by atoms with E-state index in [2.05, 4.69) is 5.32 Å². The van der Waals surface area contributed by atoms with Gasteiger partial charge in [0.05, 0.1) is 18.6 Å². The van der Waals surface area contributed by atoms with Crippen molar-refractivity contribution in [3.05, 3.63) is 65.2 Å². The summed E-state index contributed by atoms with van der Waals surface area (Å²) in [6, 6.07) is 14.2. The van der Waals surface area contributed by atoms with Gasteiger partial charge >= 0.3 is 5.97 Å². The van der Waals surface area contributed by atoms with E-state index in [4.69, 9.17) is 9.84 Å². The summed E-state index contributed by atoms with van der Waals surface area (Å²) in [5.74, 6) is -0.270. The highest BCUT2D eigenvalue weighted by atomic mass is 16.5. The molecule has 0 atom stereocenters. The Bertz CT molecular complexity index is 712. The standard InChI is InChI=1S/C19H21NO4/c1-14-6-2-3-9-17(14)24-11-5-10-20-18(21)13-15-7-4-8-16(12-15)19(22)23/h2-4,6-9,12H,5,10-11,13H2,1H3,(H,20,21)(H,22,23). The van der Waals surface area contributed by atoms with E-state index < -0.39 is 5.97 Å². The zero-order valence-electron chi connectivity index (χ0n) is 13.6. The van der Waals surface area contributed by atoms with Crippen molar-refractivity contribution in [3.63, 3.8) is 0 Å². The quantitative estimate of drug-likeness (QED) is 0.731. The van der Waals surface area contributed by atoms with Crippen molar-refractivity contribution in [2.24, 2.45) is 0 Å². The average Bonchev–Trinajstić information content (AvgIpc) is 2.56. The fourth-order valence-corrected chi connectivity index (χ4v) is 2.26. The van der Waals surface area contributed by atoms with Crippen LogP contribution in [0.25, 0.3) is 0 Å². The number of aryl methyl sites for hydroxylation is 1. The lowest BCUT2D eigenvalue weighted by Crippen LogP contribution is -2.27. The number of para-hydroxylation sites is 1. The number of amides is 1. The number of carboxylic acid groups (broad SMARTS) is 1. The first-order chi connectivity index (χ1) is 11.6. The van der Waals surface area contributed by atoms with Gasteiger partial charge in [-0.1, -0.05) is 30.3 Å². The second-order valence-electron chi connectivity index (χ2n) is 5.50. The van der Waals surface area contributed by atoms with Crippen LogP contribution < -0.4 is 10.1 Å². The molecule has 0 aliphatic rings. The van der Waals surface area contributed by atoms with Crippen LogP contribution in [0.2, 0.25) is 0 Å². The van der Waals surface area contributed by atoms with E-state index in [9.17, 15) is 9.59 Å². The van der Waals surface area contributed by atoms with Crippen LogP contribution in [0.1, 0.15) is 27.9 Å². The molecule has 0 aliphatic carbocycles. The van der Waals surface area contributed by atoms with Crippen LogP contribution in [-0.2, 0) is 11.2 Å². The summed E-state index contributed by atoms with van der Waals surface area (Å²) in [5.41, 5.74) is 1.95. The van der Waals surface area contributed by atoms with Gasteiger partial charge in [-0.15, -0.1) is 0 Å². The number of rotatable bonds is 8. The lowest BCUT2D eigenvalue weighted by atomic mass is 10.1. The number of aromatic carboxylic acids is 1. The van der Waals surface area contributed by atoms with Crippen molar-refractivity contribution in [2.75, 3.05) is 13.2 Å². The van der Waals surface area contributed by atoms with Crippen molar-refractivity contribution >= 4 is 11.9 Å². The third kappa shape index (κ3) is 5.43. The van der Waals surface area contributed by atoms with Crippen molar-refractivity contribution in [1.29, 1.82) is 0 Å². The first-order valence-electron chi connectivity index (χ1n) is 7.83. The van der Waals surface area contributed by atoms with Gasteiger partial charge in [-0.3, -0.25) is 4.79 Å². The molecule has 0 bridgehead atoms. The minimum Gasteiger partial charge on any atom is -0.493 e. The first kappa shape index (κ1) is 17.5. The predicted molar refractivity (Wildman–Crippen MR) is 91.4 cm³/mol. The number of carbonyl (C=O) groups is 2. The van der Waals surface area contributed by atoms with E-state index in [0.29, 0.717) is 25.1 Å². The minimum atomic E-state index is -0.995. The van der Waals surface area contributed by atoms with Crippen molar-refractivity contribution in [3.8, 4) is 5.75 Å². The molecule has 0 fully saturated rings. The van der Waals surface area contributed by atoms with Crippen molar-refractivity contribution < 1.29 is 19.4 Å². The molecule has 0 aromatic heterocycles. The molecular formula is C19H21NO4. The summed E-state index contributed by atoms with van der Waals surface area (Å²) >= 11 is 0. The zero-order valence-corrected chi connectivity index (χ0v) is 13.6. The average molecular weight is 327 g/mol. The maximum atomic E-state index is 11.9. The number of benzene rings is 2. The molecule has 0 aliphatic heterocycles. The van der Waals surface area contributed by atoms with Crippen LogP contribution in [0.15, 0.2) is 48.5 Å². The molecule has 0 saturated heterocycles. The smallest absolute Gasteiger partial charge is 0.335 e. The van der Waals surface area contributed by atoms with Crippen LogP contribution in [0.4, 0.5) is 0 Å². The third-order valence-electron chi connectivity index (χ3n) is 3.53. The Morgan fingerprint density at radius 1 is 1.12 bits per heavy atom. The van der Waals surface area contributed by atoms with E-state index >= 15 is 0 Å². The topological polar surface area (TPSA) is 75.6 Å². The number of carbonyl (C=O) groups excluding carboxylic acids is 1. The van der Waals surface area contributed by atoms with Gasteiger partial charge in [-0.05, 0) is 42.7 Å². The molecule has 2 N–H and O–H groups in total. The predicted octanol–water partition coefficient (Wildman–Crippen LogP) is 2.82. The summed E-state index contributed by atoms with van der Waals surface area (Å²) in [7, 11) is 0. The van der Waals surface area contributed by atoms with Crippen LogP contribution in [-0.4, -0.2) is 30.1 Å². The van der Waals surface area contributed by atoms with Gasteiger partial charge in [0.15, 0.2) is 0 Å². The van der Waals surface area contributed by atoms with E-state index in [1.54, 1.807) is 12.1 Å². The highest BCUT2D eigenvalue weighted by Gasteiger charge is 2.07. The zero-order chi connectivity index (χ0) is 17.4. The maximum absolute atomic E-state index is 11.9. The van der Waals surface area contributed by atoms with E-state index in [1.165, 1.54) is 12.1 Å². The summed E-state index contributed by atoms with van der Waals surface area (Å²) in [6.45, 7) is 3.03.